The Kier molecular flexibility index (Phi) is 8.04. The van der Waals surface area contributed by atoms with E-state index in [1.807, 2.05) is 0 Å². The van der Waals surface area contributed by atoms with E-state index < -0.39 is 26.5 Å². The second-order valence-corrected chi connectivity index (χ2v) is 29.0. The van der Waals surface area contributed by atoms with Gasteiger partial charge in [-0.05, 0) is 0 Å². The zero-order valence-corrected chi connectivity index (χ0v) is 20.9. The monoisotopic (exact) mass is 432 g/mol. The summed E-state index contributed by atoms with van der Waals surface area (Å²) in [6.45, 7) is 20.5. The molecule has 0 aromatic heterocycles. The fraction of sp³-hybridized carbons (Fsp3) is 1.00. The third-order valence-corrected chi connectivity index (χ3v) is 28.8. The van der Waals surface area contributed by atoms with Gasteiger partial charge in [0, 0.05) is 0 Å². The average molecular weight is 431 g/mol. The van der Waals surface area contributed by atoms with Gasteiger partial charge in [-0.2, -0.15) is 0 Å². The van der Waals surface area contributed by atoms with Crippen molar-refractivity contribution in [3.05, 3.63) is 0 Å². The van der Waals surface area contributed by atoms with Crippen molar-refractivity contribution in [2.24, 2.45) is 5.41 Å². The van der Waals surface area contributed by atoms with Gasteiger partial charge in [-0.1, -0.05) is 0 Å². The van der Waals surface area contributed by atoms with Crippen LogP contribution in [0.1, 0.15) is 73.1 Å². The Morgan fingerprint density at radius 1 is 0.773 bits per heavy atom. The molecule has 0 aliphatic heterocycles. The molecule has 1 aliphatic carbocycles. The van der Waals surface area contributed by atoms with Gasteiger partial charge >= 0.3 is 147 Å². The van der Waals surface area contributed by atoms with E-state index in [-0.39, 0.29) is 0 Å². The second kappa shape index (κ2) is 8.40. The molecule has 0 bridgehead atoms. The van der Waals surface area contributed by atoms with Gasteiger partial charge in [-0.15, -0.1) is 0 Å². The van der Waals surface area contributed by atoms with E-state index in [9.17, 15) is 0 Å². The number of hydrogen-bond acceptors (Lipinski definition) is 0. The Balaban J connectivity index is 3.05. The van der Waals surface area contributed by atoms with Crippen molar-refractivity contribution >= 4 is 26.5 Å². The molecule has 0 heterocycles. The van der Waals surface area contributed by atoms with Gasteiger partial charge in [0.2, 0.25) is 0 Å². The van der Waals surface area contributed by atoms with Crippen molar-refractivity contribution in [3.63, 3.8) is 0 Å². The SMILES string of the molecule is CCC[CH2][Sn]([CH2]CCC)([CH2]CCC)[C@H]1C([Si](C)(C)C)C1(C)C. The Bertz CT molecular complexity index is 307. The topological polar surface area (TPSA) is 0 Å². The van der Waals surface area contributed by atoms with Crippen molar-refractivity contribution in [2.75, 3.05) is 0 Å². The van der Waals surface area contributed by atoms with E-state index in [2.05, 4.69) is 54.3 Å². The summed E-state index contributed by atoms with van der Waals surface area (Å²) in [4.78, 5) is 0. The normalized spacial score (nSPS) is 24.5. The molecule has 0 aromatic carbocycles. The van der Waals surface area contributed by atoms with Gasteiger partial charge in [0.1, 0.15) is 0 Å². The van der Waals surface area contributed by atoms with Crippen LogP contribution in [0.2, 0.25) is 42.4 Å². The summed E-state index contributed by atoms with van der Waals surface area (Å²) >= 11 is -2.00. The fourth-order valence-electron chi connectivity index (χ4n) is 5.82. The van der Waals surface area contributed by atoms with Crippen molar-refractivity contribution in [2.45, 2.75) is 116 Å². The van der Waals surface area contributed by atoms with Gasteiger partial charge in [-0.25, -0.2) is 0 Å². The summed E-state index contributed by atoms with van der Waals surface area (Å²) in [5, 5.41) is 0. The molecule has 1 saturated carbocycles. The Labute approximate surface area is 147 Å². The van der Waals surface area contributed by atoms with Gasteiger partial charge in [0.15, 0.2) is 0 Å². The fourth-order valence-corrected chi connectivity index (χ4v) is 38.5. The van der Waals surface area contributed by atoms with Crippen LogP contribution in [0.15, 0.2) is 0 Å². The number of rotatable bonds is 11. The van der Waals surface area contributed by atoms with Crippen molar-refractivity contribution in [1.29, 1.82) is 0 Å². The van der Waals surface area contributed by atoms with E-state index >= 15 is 0 Å². The molecule has 2 heteroatoms. The van der Waals surface area contributed by atoms with Crippen LogP contribution in [0.25, 0.3) is 0 Å². The van der Waals surface area contributed by atoms with Gasteiger partial charge in [0.25, 0.3) is 0 Å². The number of hydrogen-bond donors (Lipinski definition) is 0. The maximum absolute atomic E-state index is 2.65. The van der Waals surface area contributed by atoms with E-state index in [1.165, 1.54) is 42.5 Å². The summed E-state index contributed by atoms with van der Waals surface area (Å²) in [6, 6.07) is 0. The first-order chi connectivity index (χ1) is 10.2. The van der Waals surface area contributed by atoms with E-state index in [0.29, 0.717) is 5.41 Å². The summed E-state index contributed by atoms with van der Waals surface area (Å²) in [7, 11) is -0.997. The summed E-state index contributed by atoms with van der Waals surface area (Å²) in [5.74, 6) is 0. The Morgan fingerprint density at radius 2 is 1.14 bits per heavy atom. The molecular weight excluding hydrogens is 387 g/mol. The zero-order chi connectivity index (χ0) is 17.0. The first-order valence-corrected chi connectivity index (χ1v) is 21.4. The quantitative estimate of drug-likeness (QED) is 0.291. The molecule has 2 atom stereocenters. The zero-order valence-electron chi connectivity index (χ0n) is 17.0. The maximum atomic E-state index is 2.65. The Morgan fingerprint density at radius 3 is 1.36 bits per heavy atom. The van der Waals surface area contributed by atoms with Crippen LogP contribution in [0.5, 0.6) is 0 Å². The van der Waals surface area contributed by atoms with Crippen LogP contribution < -0.4 is 0 Å². The van der Waals surface area contributed by atoms with Crippen molar-refractivity contribution in [3.8, 4) is 0 Å². The molecule has 0 aromatic rings. The first-order valence-electron chi connectivity index (χ1n) is 10.2. The summed E-state index contributed by atoms with van der Waals surface area (Å²) in [6.07, 6.45) is 8.86. The molecule has 0 saturated heterocycles. The van der Waals surface area contributed by atoms with E-state index in [4.69, 9.17) is 0 Å². The predicted molar refractivity (Wildman–Crippen MR) is 110 cm³/mol. The summed E-state index contributed by atoms with van der Waals surface area (Å²) in [5.41, 5.74) is 1.84. The average Bonchev–Trinajstić information content (AvgIpc) is 3.02. The van der Waals surface area contributed by atoms with Gasteiger partial charge in [0.05, 0.1) is 0 Å². The van der Waals surface area contributed by atoms with Crippen LogP contribution in [-0.4, -0.2) is 26.5 Å². The third kappa shape index (κ3) is 4.77. The summed E-state index contributed by atoms with van der Waals surface area (Å²) < 4.78 is 6.35. The molecular formula is C20H44SiSn. The molecule has 0 amide bonds. The molecule has 0 spiro atoms. The molecule has 0 nitrogen and oxygen atoms in total. The third-order valence-electron chi connectivity index (χ3n) is 6.50. The van der Waals surface area contributed by atoms with Crippen LogP contribution in [-0.2, 0) is 0 Å². The standard InChI is InChI=1S/C8H17Si.3C4H9.Sn/c1-8(2)6-7(8)9(3,4)5;3*1-3-4-2;/h6-7H,1-5H3;3*1,3-4H2,2H3;. The molecule has 1 unspecified atom stereocenters. The Hall–Kier alpha value is 1.02. The molecule has 1 rings (SSSR count). The first kappa shape index (κ1) is 21.1. The van der Waals surface area contributed by atoms with Crippen LogP contribution >= 0.6 is 0 Å². The minimum atomic E-state index is -2.00. The van der Waals surface area contributed by atoms with Crippen LogP contribution in [0, 0.1) is 5.41 Å². The second-order valence-electron chi connectivity index (χ2n) is 9.82. The molecule has 0 N–H and O–H groups in total. The van der Waals surface area contributed by atoms with Crippen LogP contribution in [0.3, 0.4) is 0 Å². The van der Waals surface area contributed by atoms with Crippen LogP contribution in [0.4, 0.5) is 0 Å². The van der Waals surface area contributed by atoms with Crippen molar-refractivity contribution < 1.29 is 0 Å². The molecule has 1 fully saturated rings. The van der Waals surface area contributed by atoms with Gasteiger partial charge < -0.3 is 0 Å². The molecule has 22 heavy (non-hydrogen) atoms. The van der Waals surface area contributed by atoms with E-state index in [1.54, 1.807) is 13.3 Å². The number of unbranched alkanes of at least 4 members (excludes halogenated alkanes) is 3. The van der Waals surface area contributed by atoms with E-state index in [0.717, 1.165) is 5.54 Å². The predicted octanol–water partition coefficient (Wildman–Crippen LogP) is 7.95. The molecule has 132 valence electrons. The molecule has 0 radical (unpaired) electrons. The molecule has 1 aliphatic rings. The van der Waals surface area contributed by atoms with Gasteiger partial charge in [-0.3, -0.25) is 0 Å². The van der Waals surface area contributed by atoms with Crippen molar-refractivity contribution in [1.82, 2.24) is 0 Å². The minimum absolute atomic E-state index is 0.704.